The number of aromatic nitrogens is 2. The van der Waals surface area contributed by atoms with Crippen molar-refractivity contribution in [1.82, 2.24) is 9.97 Å². The molecule has 0 bridgehead atoms. The summed E-state index contributed by atoms with van der Waals surface area (Å²) in [6.45, 7) is 1.99. The van der Waals surface area contributed by atoms with E-state index >= 15 is 0 Å². The molecule has 0 amide bonds. The lowest BCUT2D eigenvalue weighted by atomic mass is 10.1. The lowest BCUT2D eigenvalue weighted by Gasteiger charge is -2.08. The highest BCUT2D eigenvalue weighted by Crippen LogP contribution is 2.24. The van der Waals surface area contributed by atoms with Crippen LogP contribution in [0.15, 0.2) is 18.2 Å². The first kappa shape index (κ1) is 15.1. The van der Waals surface area contributed by atoms with Gasteiger partial charge in [0.15, 0.2) is 0 Å². The second-order valence-electron chi connectivity index (χ2n) is 4.36. The molecule has 2 rings (SSSR count). The van der Waals surface area contributed by atoms with Crippen LogP contribution < -0.4 is 0 Å². The molecule has 0 spiro atoms. The smallest absolute Gasteiger partial charge is 0.137 e. The maximum absolute atomic E-state index is 13.6. The van der Waals surface area contributed by atoms with Crippen LogP contribution in [0, 0.1) is 11.6 Å². The molecule has 0 N–H and O–H groups in total. The van der Waals surface area contributed by atoms with Gasteiger partial charge >= 0.3 is 0 Å². The molecule has 0 radical (unpaired) electrons. The van der Waals surface area contributed by atoms with Gasteiger partial charge in [-0.05, 0) is 18.1 Å². The standard InChI is InChI=1S/C14H12Cl2F2N2/c1-2-3-10-13(15)19-12(20-14(10)16)6-8-4-5-9(17)7-11(8)18/h4-5,7H,2-3,6H2,1H3. The Morgan fingerprint density at radius 3 is 2.30 bits per heavy atom. The fraction of sp³-hybridized carbons (Fsp3) is 0.286. The number of rotatable bonds is 4. The van der Waals surface area contributed by atoms with Crippen LogP contribution in [-0.4, -0.2) is 9.97 Å². The van der Waals surface area contributed by atoms with E-state index < -0.39 is 11.6 Å². The summed E-state index contributed by atoms with van der Waals surface area (Å²) in [5.74, 6) is -0.953. The van der Waals surface area contributed by atoms with Gasteiger partial charge in [-0.1, -0.05) is 42.6 Å². The predicted octanol–water partition coefficient (Wildman–Crippen LogP) is 4.60. The van der Waals surface area contributed by atoms with Crippen LogP contribution in [0.25, 0.3) is 0 Å². The fourth-order valence-corrected chi connectivity index (χ4v) is 2.45. The van der Waals surface area contributed by atoms with E-state index in [9.17, 15) is 8.78 Å². The molecule has 1 heterocycles. The largest absolute Gasteiger partial charge is 0.220 e. The van der Waals surface area contributed by atoms with Crippen LogP contribution >= 0.6 is 23.2 Å². The lowest BCUT2D eigenvalue weighted by molar-refractivity contribution is 0.573. The third-order valence-electron chi connectivity index (χ3n) is 2.82. The Kier molecular flexibility index (Phi) is 4.89. The molecule has 2 nitrogen and oxygen atoms in total. The quantitative estimate of drug-likeness (QED) is 0.770. The Balaban J connectivity index is 2.30. The summed E-state index contributed by atoms with van der Waals surface area (Å²) in [5.41, 5.74) is 0.987. The van der Waals surface area contributed by atoms with Crippen LogP contribution in [0.1, 0.15) is 30.3 Å². The molecule has 106 valence electrons. The molecule has 0 aliphatic carbocycles. The first-order valence-corrected chi connectivity index (χ1v) is 6.91. The highest BCUT2D eigenvalue weighted by molar-refractivity contribution is 6.34. The highest BCUT2D eigenvalue weighted by atomic mass is 35.5. The van der Waals surface area contributed by atoms with Gasteiger partial charge in [-0.3, -0.25) is 0 Å². The van der Waals surface area contributed by atoms with Crippen molar-refractivity contribution in [2.75, 3.05) is 0 Å². The summed E-state index contributed by atoms with van der Waals surface area (Å²) < 4.78 is 26.4. The minimum atomic E-state index is -0.640. The van der Waals surface area contributed by atoms with Crippen molar-refractivity contribution in [3.63, 3.8) is 0 Å². The van der Waals surface area contributed by atoms with E-state index in [0.717, 1.165) is 12.5 Å². The molecule has 0 fully saturated rings. The number of hydrogen-bond donors (Lipinski definition) is 0. The minimum Gasteiger partial charge on any atom is -0.220 e. The SMILES string of the molecule is CCCc1c(Cl)nc(Cc2ccc(F)cc2F)nc1Cl. The molecular formula is C14H12Cl2F2N2. The van der Waals surface area contributed by atoms with E-state index in [1.807, 2.05) is 6.92 Å². The monoisotopic (exact) mass is 316 g/mol. The molecule has 0 saturated heterocycles. The Hall–Kier alpha value is -1.26. The van der Waals surface area contributed by atoms with Gasteiger partial charge in [0.25, 0.3) is 0 Å². The van der Waals surface area contributed by atoms with E-state index in [-0.39, 0.29) is 16.7 Å². The summed E-state index contributed by atoms with van der Waals surface area (Å²) in [4.78, 5) is 8.24. The zero-order chi connectivity index (χ0) is 14.7. The zero-order valence-electron chi connectivity index (χ0n) is 10.8. The summed E-state index contributed by atoms with van der Waals surface area (Å²) in [7, 11) is 0. The molecule has 0 aliphatic rings. The topological polar surface area (TPSA) is 25.8 Å². The van der Waals surface area contributed by atoms with E-state index in [0.29, 0.717) is 23.4 Å². The summed E-state index contributed by atoms with van der Waals surface area (Å²) >= 11 is 12.1. The van der Waals surface area contributed by atoms with Crippen molar-refractivity contribution < 1.29 is 8.78 Å². The van der Waals surface area contributed by atoms with Gasteiger partial charge in [0.05, 0.1) is 0 Å². The third-order valence-corrected chi connectivity index (χ3v) is 3.44. The van der Waals surface area contributed by atoms with Crippen LogP contribution in [0.2, 0.25) is 10.3 Å². The van der Waals surface area contributed by atoms with Crippen molar-refractivity contribution in [1.29, 1.82) is 0 Å². The molecule has 6 heteroatoms. The summed E-state index contributed by atoms with van der Waals surface area (Å²) in [6, 6.07) is 3.37. The Morgan fingerprint density at radius 2 is 1.75 bits per heavy atom. The normalized spacial score (nSPS) is 10.8. The maximum atomic E-state index is 13.6. The van der Waals surface area contributed by atoms with E-state index in [4.69, 9.17) is 23.2 Å². The first-order chi connectivity index (χ1) is 9.51. The molecule has 20 heavy (non-hydrogen) atoms. The lowest BCUT2D eigenvalue weighted by Crippen LogP contribution is -2.03. The molecule has 0 aliphatic heterocycles. The van der Waals surface area contributed by atoms with Crippen LogP contribution in [0.4, 0.5) is 8.78 Å². The van der Waals surface area contributed by atoms with Gasteiger partial charge < -0.3 is 0 Å². The van der Waals surface area contributed by atoms with Crippen molar-refractivity contribution in [2.45, 2.75) is 26.2 Å². The fourth-order valence-electron chi connectivity index (χ4n) is 1.84. The zero-order valence-corrected chi connectivity index (χ0v) is 12.3. The number of benzene rings is 1. The molecular weight excluding hydrogens is 305 g/mol. The molecule has 0 unspecified atom stereocenters. The van der Waals surface area contributed by atoms with Gasteiger partial charge in [0.2, 0.25) is 0 Å². The average molecular weight is 317 g/mol. The molecule has 0 saturated carbocycles. The van der Waals surface area contributed by atoms with Gasteiger partial charge in [-0.15, -0.1) is 0 Å². The predicted molar refractivity (Wildman–Crippen MR) is 75.2 cm³/mol. The first-order valence-electron chi connectivity index (χ1n) is 6.16. The van der Waals surface area contributed by atoms with E-state index in [1.165, 1.54) is 12.1 Å². The summed E-state index contributed by atoms with van der Waals surface area (Å²) in [5, 5.41) is 0.564. The number of hydrogen-bond acceptors (Lipinski definition) is 2. The number of halogens is 4. The Morgan fingerprint density at radius 1 is 1.10 bits per heavy atom. The summed E-state index contributed by atoms with van der Waals surface area (Å²) in [6.07, 6.45) is 1.66. The van der Waals surface area contributed by atoms with E-state index in [2.05, 4.69) is 9.97 Å². The number of nitrogens with zero attached hydrogens (tertiary/aromatic N) is 2. The van der Waals surface area contributed by atoms with E-state index in [1.54, 1.807) is 0 Å². The Bertz CT molecular complexity index is 610. The molecule has 1 aromatic carbocycles. The van der Waals surface area contributed by atoms with Crippen LogP contribution in [-0.2, 0) is 12.8 Å². The van der Waals surface area contributed by atoms with Gasteiger partial charge in [0, 0.05) is 18.1 Å². The van der Waals surface area contributed by atoms with Gasteiger partial charge in [-0.25, -0.2) is 18.7 Å². The second kappa shape index (κ2) is 6.46. The highest BCUT2D eigenvalue weighted by Gasteiger charge is 2.13. The van der Waals surface area contributed by atoms with Gasteiger partial charge in [0.1, 0.15) is 27.8 Å². The van der Waals surface area contributed by atoms with Crippen molar-refractivity contribution in [2.24, 2.45) is 0 Å². The van der Waals surface area contributed by atoms with Crippen LogP contribution in [0.5, 0.6) is 0 Å². The van der Waals surface area contributed by atoms with Crippen LogP contribution in [0.3, 0.4) is 0 Å². The molecule has 0 atom stereocenters. The minimum absolute atomic E-state index is 0.109. The molecule has 2 aromatic rings. The maximum Gasteiger partial charge on any atom is 0.137 e. The molecule has 1 aromatic heterocycles. The second-order valence-corrected chi connectivity index (χ2v) is 5.08. The average Bonchev–Trinajstić information content (AvgIpc) is 2.37. The Labute approximate surface area is 125 Å². The van der Waals surface area contributed by atoms with Gasteiger partial charge in [-0.2, -0.15) is 0 Å². The third kappa shape index (κ3) is 3.44. The van der Waals surface area contributed by atoms with Crippen molar-refractivity contribution >= 4 is 23.2 Å². The van der Waals surface area contributed by atoms with Crippen molar-refractivity contribution in [3.05, 3.63) is 57.1 Å². The van der Waals surface area contributed by atoms with Crippen molar-refractivity contribution in [3.8, 4) is 0 Å².